The maximum atomic E-state index is 12.3. The first-order chi connectivity index (χ1) is 21.5. The predicted octanol–water partition coefficient (Wildman–Crippen LogP) is 2.08. The van der Waals surface area contributed by atoms with Crippen molar-refractivity contribution >= 4 is 41.4 Å². The second-order valence-electron chi connectivity index (χ2n) is 13.1. The molecule has 46 heavy (non-hydrogen) atoms. The van der Waals surface area contributed by atoms with Gasteiger partial charge in [0.25, 0.3) is 0 Å². The summed E-state index contributed by atoms with van der Waals surface area (Å²) in [6, 6.07) is -2.39. The van der Waals surface area contributed by atoms with E-state index >= 15 is 0 Å². The number of ether oxygens (including phenoxy) is 4. The van der Waals surface area contributed by atoms with Crippen molar-refractivity contribution in [2.45, 2.75) is 85.7 Å². The van der Waals surface area contributed by atoms with Crippen molar-refractivity contribution in [3.8, 4) is 0 Å². The second kappa shape index (κ2) is 24.7. The van der Waals surface area contributed by atoms with Gasteiger partial charge < -0.3 is 45.1 Å². The Labute approximate surface area is 277 Å². The predicted molar refractivity (Wildman–Crippen MR) is 175 cm³/mol. The lowest BCUT2D eigenvalue weighted by Gasteiger charge is -2.20. The van der Waals surface area contributed by atoms with Gasteiger partial charge in [-0.3, -0.25) is 14.4 Å². The molecule has 0 saturated carbocycles. The number of aliphatic carboxylic acids is 2. The van der Waals surface area contributed by atoms with Crippen molar-refractivity contribution < 1.29 is 53.1 Å². The van der Waals surface area contributed by atoms with Crippen molar-refractivity contribution in [3.63, 3.8) is 0 Å². The summed E-state index contributed by atoms with van der Waals surface area (Å²) in [5.74, 6) is -2.68. The maximum Gasteiger partial charge on any atom is 0.327 e. The summed E-state index contributed by atoms with van der Waals surface area (Å²) in [7, 11) is 0. The van der Waals surface area contributed by atoms with Gasteiger partial charge in [0, 0.05) is 31.6 Å². The van der Waals surface area contributed by atoms with E-state index < -0.39 is 35.8 Å². The minimum Gasteiger partial charge on any atom is -0.480 e. The zero-order valence-corrected chi connectivity index (χ0v) is 29.3. The number of carbonyl (C=O) groups excluding carboxylic acids is 3. The van der Waals surface area contributed by atoms with E-state index in [-0.39, 0.29) is 61.6 Å². The second-order valence-corrected chi connectivity index (χ2v) is 14.2. The van der Waals surface area contributed by atoms with Gasteiger partial charge in [-0.15, -0.1) is 0 Å². The number of carboxylic acid groups (broad SMARTS) is 2. The lowest BCUT2D eigenvalue weighted by Crippen LogP contribution is -2.45. The fraction of sp³-hybridized carbons (Fsp3) is 0.839. The molecule has 0 aromatic rings. The van der Waals surface area contributed by atoms with E-state index in [1.165, 1.54) is 11.8 Å². The molecule has 0 radical (unpaired) electrons. The quantitative estimate of drug-likeness (QED) is 0.0794. The molecule has 0 aliphatic heterocycles. The van der Waals surface area contributed by atoms with E-state index in [2.05, 4.69) is 36.7 Å². The van der Waals surface area contributed by atoms with Gasteiger partial charge >= 0.3 is 11.9 Å². The molecule has 0 aliphatic carbocycles. The molecule has 14 nitrogen and oxygen atoms in total. The van der Waals surface area contributed by atoms with Crippen LogP contribution in [0.2, 0.25) is 0 Å². The Hall–Kier alpha value is -2.46. The van der Waals surface area contributed by atoms with E-state index in [0.717, 1.165) is 6.42 Å². The van der Waals surface area contributed by atoms with Crippen LogP contribution in [0.25, 0.3) is 0 Å². The van der Waals surface area contributed by atoms with Crippen LogP contribution in [0.5, 0.6) is 0 Å². The van der Waals surface area contributed by atoms with E-state index in [1.54, 1.807) is 0 Å². The molecular weight excluding hydrogens is 622 g/mol. The molecule has 0 bridgehead atoms. The smallest absolute Gasteiger partial charge is 0.327 e. The van der Waals surface area contributed by atoms with Crippen LogP contribution in [0.1, 0.15) is 73.6 Å². The van der Waals surface area contributed by atoms with Crippen molar-refractivity contribution in [2.75, 3.05) is 70.9 Å². The molecule has 5 N–H and O–H groups in total. The molecule has 0 saturated heterocycles. The highest BCUT2D eigenvalue weighted by molar-refractivity contribution is 7.99. The topological polar surface area (TPSA) is 199 Å². The van der Waals surface area contributed by atoms with E-state index in [0.29, 0.717) is 51.8 Å². The monoisotopic (exact) mass is 679 g/mol. The number of thioether (sulfide) groups is 1. The van der Waals surface area contributed by atoms with E-state index in [1.807, 2.05) is 20.8 Å². The molecule has 0 rings (SSSR count). The number of carboxylic acids is 2. The first-order valence-corrected chi connectivity index (χ1v) is 16.9. The van der Waals surface area contributed by atoms with Crippen molar-refractivity contribution in [2.24, 2.45) is 10.8 Å². The third-order valence-corrected chi connectivity index (χ3v) is 7.65. The Kier molecular flexibility index (Phi) is 23.4. The van der Waals surface area contributed by atoms with Crippen molar-refractivity contribution in [3.05, 3.63) is 0 Å². The van der Waals surface area contributed by atoms with Gasteiger partial charge in [0.2, 0.25) is 17.7 Å². The average Bonchev–Trinajstić information content (AvgIpc) is 2.94. The molecule has 0 spiro atoms. The summed E-state index contributed by atoms with van der Waals surface area (Å²) in [4.78, 5) is 59.2. The summed E-state index contributed by atoms with van der Waals surface area (Å²) in [5, 5.41) is 26.4. The summed E-state index contributed by atoms with van der Waals surface area (Å²) in [5.41, 5.74) is 0.134. The minimum absolute atomic E-state index is 0.00538. The minimum atomic E-state index is -1.30. The Morgan fingerprint density at radius 3 is 1.59 bits per heavy atom. The Bertz CT molecular complexity index is 907. The number of amides is 3. The number of hydrogen-bond donors (Lipinski definition) is 5. The molecule has 0 aromatic carbocycles. The largest absolute Gasteiger partial charge is 0.480 e. The van der Waals surface area contributed by atoms with Crippen molar-refractivity contribution in [1.82, 2.24) is 16.0 Å². The highest BCUT2D eigenvalue weighted by atomic mass is 32.2. The summed E-state index contributed by atoms with van der Waals surface area (Å²) < 4.78 is 21.6. The first kappa shape index (κ1) is 43.5. The van der Waals surface area contributed by atoms with Crippen LogP contribution in [-0.2, 0) is 42.9 Å². The van der Waals surface area contributed by atoms with Gasteiger partial charge in [0.1, 0.15) is 12.1 Å². The molecule has 0 unspecified atom stereocenters. The standard InChI is InChI=1S/C31H57N3O11S/c1-30(2,3)11-9-25(35)32-12-14-43-16-18-45-20-19-44-17-15-42-13-10-27(37)33-23(28(38)39)7-8-26(36)34-24(29(40)41)21-46-22-31(4,5)6/h23-24H,7-22H2,1-6H3,(H,32,35)(H,33,37)(H,34,36)(H,38,39)(H,40,41)/t23-,24-/m0/s1. The third-order valence-electron chi connectivity index (χ3n) is 6.01. The third kappa shape index (κ3) is 27.8. The van der Waals surface area contributed by atoms with Crippen LogP contribution >= 0.6 is 11.8 Å². The molecule has 0 aliphatic rings. The fourth-order valence-corrected chi connectivity index (χ4v) is 4.68. The van der Waals surface area contributed by atoms with Crippen LogP contribution in [0.3, 0.4) is 0 Å². The van der Waals surface area contributed by atoms with Crippen LogP contribution in [0.4, 0.5) is 0 Å². The lowest BCUT2D eigenvalue weighted by atomic mass is 9.90. The van der Waals surface area contributed by atoms with Gasteiger partial charge in [-0.2, -0.15) is 11.8 Å². The van der Waals surface area contributed by atoms with E-state index in [9.17, 15) is 34.2 Å². The Balaban J connectivity index is 3.89. The Morgan fingerprint density at radius 1 is 0.609 bits per heavy atom. The fourth-order valence-electron chi connectivity index (χ4n) is 3.49. The number of carbonyl (C=O) groups is 5. The highest BCUT2D eigenvalue weighted by Gasteiger charge is 2.24. The van der Waals surface area contributed by atoms with Crippen LogP contribution in [0, 0.1) is 10.8 Å². The van der Waals surface area contributed by atoms with Gasteiger partial charge in [-0.25, -0.2) is 9.59 Å². The van der Waals surface area contributed by atoms with Gasteiger partial charge in [0.05, 0.1) is 52.9 Å². The number of hydrogen-bond acceptors (Lipinski definition) is 10. The number of rotatable bonds is 27. The van der Waals surface area contributed by atoms with Gasteiger partial charge in [0.15, 0.2) is 0 Å². The van der Waals surface area contributed by atoms with Crippen LogP contribution < -0.4 is 16.0 Å². The highest BCUT2D eigenvalue weighted by Crippen LogP contribution is 2.21. The molecule has 0 aromatic heterocycles. The summed E-state index contributed by atoms with van der Waals surface area (Å²) in [6.45, 7) is 15.3. The van der Waals surface area contributed by atoms with E-state index in [4.69, 9.17) is 18.9 Å². The molecule has 15 heteroatoms. The molecule has 2 atom stereocenters. The average molecular weight is 680 g/mol. The van der Waals surface area contributed by atoms with Crippen molar-refractivity contribution in [1.29, 1.82) is 0 Å². The molecule has 3 amide bonds. The van der Waals surface area contributed by atoms with Crippen LogP contribution in [-0.4, -0.2) is 123 Å². The maximum absolute atomic E-state index is 12.3. The molecular formula is C31H57N3O11S. The molecule has 268 valence electrons. The lowest BCUT2D eigenvalue weighted by molar-refractivity contribution is -0.143. The SMILES string of the molecule is CC(C)(C)CCC(=O)NCCOCCOCCOCCOCCC(=O)N[C@@H](CCC(=O)N[C@@H](CSCC(C)(C)C)C(=O)O)C(=O)O. The molecule has 0 heterocycles. The molecule has 0 fully saturated rings. The number of nitrogens with one attached hydrogen (secondary N) is 3. The van der Waals surface area contributed by atoms with Gasteiger partial charge in [-0.1, -0.05) is 41.5 Å². The summed E-state index contributed by atoms with van der Waals surface area (Å²) in [6.07, 6.45) is 0.809. The Morgan fingerprint density at radius 2 is 1.09 bits per heavy atom. The zero-order chi connectivity index (χ0) is 35.0. The normalized spacial score (nSPS) is 13.1. The van der Waals surface area contributed by atoms with Gasteiger partial charge in [-0.05, 0) is 29.4 Å². The summed E-state index contributed by atoms with van der Waals surface area (Å²) >= 11 is 1.41. The first-order valence-electron chi connectivity index (χ1n) is 15.7. The zero-order valence-electron chi connectivity index (χ0n) is 28.4. The van der Waals surface area contributed by atoms with Crippen LogP contribution in [0.15, 0.2) is 0 Å².